The number of carboxylic acid groups (broad SMARTS) is 1. The third-order valence-corrected chi connectivity index (χ3v) is 6.29. The van der Waals surface area contributed by atoms with Gasteiger partial charge in [-0.2, -0.15) is 0 Å². The third-order valence-electron chi connectivity index (χ3n) is 3.56. The van der Waals surface area contributed by atoms with Crippen molar-refractivity contribution < 1.29 is 18.3 Å². The number of sulfonamides is 1. The van der Waals surface area contributed by atoms with Gasteiger partial charge in [-0.05, 0) is 54.6 Å². The van der Waals surface area contributed by atoms with E-state index < -0.39 is 16.0 Å². The molecule has 0 aliphatic heterocycles. The van der Waals surface area contributed by atoms with Crippen molar-refractivity contribution in [1.29, 1.82) is 0 Å². The number of carboxylic acids is 1. The van der Waals surface area contributed by atoms with Crippen molar-refractivity contribution in [2.75, 3.05) is 4.72 Å². The van der Waals surface area contributed by atoms with E-state index in [-0.39, 0.29) is 15.5 Å². The predicted octanol–water partition coefficient (Wildman–Crippen LogP) is 4.99. The SMILES string of the molecule is O=C(O)c1cc(S(=O)(=O)Nc2ccc(Sc3ccccc3)cc2)ccc1Cl. The van der Waals surface area contributed by atoms with Crippen LogP contribution in [-0.4, -0.2) is 19.5 Å². The molecule has 3 aromatic rings. The summed E-state index contributed by atoms with van der Waals surface area (Å²) in [5, 5.41) is 9.07. The summed E-state index contributed by atoms with van der Waals surface area (Å²) in [6.45, 7) is 0. The predicted molar refractivity (Wildman–Crippen MR) is 106 cm³/mol. The van der Waals surface area contributed by atoms with E-state index in [1.807, 2.05) is 30.3 Å². The van der Waals surface area contributed by atoms with Crippen LogP contribution in [0.3, 0.4) is 0 Å². The first kappa shape index (κ1) is 19.3. The molecule has 0 unspecified atom stereocenters. The zero-order chi connectivity index (χ0) is 19.4. The van der Waals surface area contributed by atoms with Crippen LogP contribution in [-0.2, 0) is 10.0 Å². The van der Waals surface area contributed by atoms with Crippen molar-refractivity contribution in [3.63, 3.8) is 0 Å². The Balaban J connectivity index is 1.78. The lowest BCUT2D eigenvalue weighted by atomic mass is 10.2. The topological polar surface area (TPSA) is 83.5 Å². The summed E-state index contributed by atoms with van der Waals surface area (Å²) in [5.74, 6) is -1.29. The minimum Gasteiger partial charge on any atom is -0.478 e. The summed E-state index contributed by atoms with van der Waals surface area (Å²) in [7, 11) is -3.94. The maximum absolute atomic E-state index is 12.5. The van der Waals surface area contributed by atoms with Gasteiger partial charge in [-0.3, -0.25) is 4.72 Å². The summed E-state index contributed by atoms with van der Waals surface area (Å²) >= 11 is 7.35. The average molecular weight is 420 g/mol. The molecule has 0 bridgehead atoms. The lowest BCUT2D eigenvalue weighted by molar-refractivity contribution is 0.0697. The van der Waals surface area contributed by atoms with Crippen LogP contribution in [0.1, 0.15) is 10.4 Å². The van der Waals surface area contributed by atoms with Crippen LogP contribution in [0.15, 0.2) is 87.5 Å². The molecule has 0 fully saturated rings. The minimum absolute atomic E-state index is 0.0243. The number of carbonyl (C=O) groups is 1. The quantitative estimate of drug-likeness (QED) is 0.588. The summed E-state index contributed by atoms with van der Waals surface area (Å²) in [5.41, 5.74) is 0.105. The van der Waals surface area contributed by atoms with Crippen LogP contribution in [0.25, 0.3) is 0 Å². The van der Waals surface area contributed by atoms with Crippen LogP contribution in [0.4, 0.5) is 5.69 Å². The van der Waals surface area contributed by atoms with Gasteiger partial charge in [0.1, 0.15) is 0 Å². The zero-order valence-corrected chi connectivity index (χ0v) is 16.2. The largest absolute Gasteiger partial charge is 0.478 e. The Morgan fingerprint density at radius 2 is 1.56 bits per heavy atom. The summed E-state index contributed by atoms with van der Waals surface area (Å²) in [6.07, 6.45) is 0. The number of hydrogen-bond acceptors (Lipinski definition) is 4. The number of anilines is 1. The maximum atomic E-state index is 12.5. The van der Waals surface area contributed by atoms with Crippen molar-refractivity contribution in [2.45, 2.75) is 14.7 Å². The highest BCUT2D eigenvalue weighted by atomic mass is 35.5. The Bertz CT molecular complexity index is 1070. The van der Waals surface area contributed by atoms with E-state index in [9.17, 15) is 13.2 Å². The first-order valence-corrected chi connectivity index (χ1v) is 10.4. The van der Waals surface area contributed by atoms with Crippen LogP contribution in [0, 0.1) is 0 Å². The molecule has 3 aromatic carbocycles. The number of halogens is 1. The molecule has 0 aliphatic rings. The highest BCUT2D eigenvalue weighted by Gasteiger charge is 2.18. The van der Waals surface area contributed by atoms with E-state index in [0.717, 1.165) is 15.9 Å². The molecule has 5 nitrogen and oxygen atoms in total. The number of hydrogen-bond donors (Lipinski definition) is 2. The minimum atomic E-state index is -3.94. The van der Waals surface area contributed by atoms with Crippen LogP contribution >= 0.6 is 23.4 Å². The second-order valence-electron chi connectivity index (χ2n) is 5.49. The molecule has 0 atom stereocenters. The van der Waals surface area contributed by atoms with Crippen molar-refractivity contribution >= 4 is 45.0 Å². The Morgan fingerprint density at radius 1 is 0.926 bits per heavy atom. The number of nitrogens with one attached hydrogen (secondary N) is 1. The average Bonchev–Trinajstić information content (AvgIpc) is 2.64. The number of benzene rings is 3. The van der Waals surface area contributed by atoms with Gasteiger partial charge < -0.3 is 5.11 Å². The summed E-state index contributed by atoms with van der Waals surface area (Å²) < 4.78 is 27.5. The van der Waals surface area contributed by atoms with Gasteiger partial charge in [0.2, 0.25) is 0 Å². The number of rotatable bonds is 6. The normalized spacial score (nSPS) is 11.1. The van der Waals surface area contributed by atoms with Crippen molar-refractivity contribution in [3.8, 4) is 0 Å². The molecular weight excluding hydrogens is 406 g/mol. The molecule has 0 aliphatic carbocycles. The molecule has 8 heteroatoms. The van der Waals surface area contributed by atoms with Gasteiger partial charge in [0.15, 0.2) is 0 Å². The van der Waals surface area contributed by atoms with Crippen LogP contribution in [0.5, 0.6) is 0 Å². The van der Waals surface area contributed by atoms with Gasteiger partial charge >= 0.3 is 5.97 Å². The van der Waals surface area contributed by atoms with Gasteiger partial charge in [-0.15, -0.1) is 0 Å². The molecule has 2 N–H and O–H groups in total. The van der Waals surface area contributed by atoms with Gasteiger partial charge in [0, 0.05) is 15.5 Å². The zero-order valence-electron chi connectivity index (χ0n) is 13.8. The molecule has 0 spiro atoms. The molecular formula is C19H14ClNO4S2. The molecule has 3 rings (SSSR count). The van der Waals surface area contributed by atoms with Gasteiger partial charge in [-0.25, -0.2) is 13.2 Å². The lowest BCUT2D eigenvalue weighted by Crippen LogP contribution is -2.14. The van der Waals surface area contributed by atoms with Crippen LogP contribution in [0.2, 0.25) is 5.02 Å². The van der Waals surface area contributed by atoms with Crippen molar-refractivity contribution in [2.24, 2.45) is 0 Å². The summed E-state index contributed by atoms with van der Waals surface area (Å²) in [4.78, 5) is 13.0. The molecule has 0 heterocycles. The van der Waals surface area contributed by atoms with Gasteiger partial charge in [-0.1, -0.05) is 41.6 Å². The van der Waals surface area contributed by atoms with E-state index in [1.54, 1.807) is 36.0 Å². The molecule has 27 heavy (non-hydrogen) atoms. The van der Waals surface area contributed by atoms with E-state index in [0.29, 0.717) is 5.69 Å². The Morgan fingerprint density at radius 3 is 2.19 bits per heavy atom. The fraction of sp³-hybridized carbons (Fsp3) is 0. The molecule has 0 radical (unpaired) electrons. The Hall–Kier alpha value is -2.48. The fourth-order valence-corrected chi connectivity index (χ4v) is 4.39. The molecule has 0 saturated heterocycles. The third kappa shape index (κ3) is 4.82. The lowest BCUT2D eigenvalue weighted by Gasteiger charge is -2.10. The standard InChI is InChI=1S/C19H14ClNO4S2/c20-18-11-10-16(12-17(18)19(22)23)27(24,25)21-13-6-8-15(9-7-13)26-14-4-2-1-3-5-14/h1-12,21H,(H,22,23). The molecule has 0 aromatic heterocycles. The molecule has 0 saturated carbocycles. The van der Waals surface area contributed by atoms with E-state index in [2.05, 4.69) is 4.72 Å². The second kappa shape index (κ2) is 8.04. The number of aromatic carboxylic acids is 1. The first-order valence-electron chi connectivity index (χ1n) is 7.74. The van der Waals surface area contributed by atoms with E-state index in [1.165, 1.54) is 12.1 Å². The summed E-state index contributed by atoms with van der Waals surface area (Å²) in [6, 6.07) is 20.3. The highest BCUT2D eigenvalue weighted by molar-refractivity contribution is 7.99. The Labute approximate surface area is 166 Å². The second-order valence-corrected chi connectivity index (χ2v) is 8.73. The smallest absolute Gasteiger partial charge is 0.337 e. The maximum Gasteiger partial charge on any atom is 0.337 e. The highest BCUT2D eigenvalue weighted by Crippen LogP contribution is 2.29. The monoisotopic (exact) mass is 419 g/mol. The van der Waals surface area contributed by atoms with E-state index in [4.69, 9.17) is 16.7 Å². The Kier molecular flexibility index (Phi) is 5.74. The van der Waals surface area contributed by atoms with Gasteiger partial charge in [0.25, 0.3) is 10.0 Å². The van der Waals surface area contributed by atoms with Crippen molar-refractivity contribution in [1.82, 2.24) is 0 Å². The van der Waals surface area contributed by atoms with Gasteiger partial charge in [0.05, 0.1) is 15.5 Å². The molecule has 0 amide bonds. The van der Waals surface area contributed by atoms with Crippen molar-refractivity contribution in [3.05, 3.63) is 83.4 Å². The van der Waals surface area contributed by atoms with Crippen LogP contribution < -0.4 is 4.72 Å². The molecule has 138 valence electrons. The first-order chi connectivity index (χ1) is 12.8. The fourth-order valence-electron chi connectivity index (χ4n) is 2.27. The van der Waals surface area contributed by atoms with E-state index >= 15 is 0 Å².